The molecule has 3 aromatic rings. The molecule has 0 radical (unpaired) electrons. The summed E-state index contributed by atoms with van der Waals surface area (Å²) in [5.41, 5.74) is 8.68. The zero-order valence-corrected chi connectivity index (χ0v) is 18.7. The van der Waals surface area contributed by atoms with Crippen LogP contribution in [0.3, 0.4) is 0 Å². The molecule has 2 heterocycles. The van der Waals surface area contributed by atoms with Gasteiger partial charge in [-0.3, -0.25) is 15.1 Å². The number of aryl methyl sites for hydroxylation is 1. The monoisotopic (exact) mass is 433 g/mol. The first-order chi connectivity index (χ1) is 15.5. The van der Waals surface area contributed by atoms with Crippen LogP contribution < -0.4 is 16.2 Å². The van der Waals surface area contributed by atoms with Crippen LogP contribution in [0.15, 0.2) is 54.7 Å². The molecule has 168 valence electrons. The van der Waals surface area contributed by atoms with Gasteiger partial charge in [0.25, 0.3) is 5.91 Å². The Bertz CT molecular complexity index is 1080. The van der Waals surface area contributed by atoms with Gasteiger partial charge in [0.05, 0.1) is 5.56 Å². The van der Waals surface area contributed by atoms with Gasteiger partial charge in [0.1, 0.15) is 0 Å². The Hall–Kier alpha value is -3.32. The van der Waals surface area contributed by atoms with Gasteiger partial charge in [-0.15, -0.1) is 0 Å². The SMILES string of the molecule is CC1CCN(Cc2ccc(CNC(=O)NNC(=O)c3cn(C)c4ccccc34)cc2)CC1. The number of carbonyl (C=O) groups is 2. The second-order valence-electron chi connectivity index (χ2n) is 8.71. The van der Waals surface area contributed by atoms with Gasteiger partial charge in [-0.05, 0) is 49.0 Å². The van der Waals surface area contributed by atoms with Crippen molar-refractivity contribution in [1.29, 1.82) is 0 Å². The first-order valence-electron chi connectivity index (χ1n) is 11.2. The molecular weight excluding hydrogens is 402 g/mol. The minimum atomic E-state index is -0.454. The number of hydrogen-bond acceptors (Lipinski definition) is 3. The summed E-state index contributed by atoms with van der Waals surface area (Å²) in [6.07, 6.45) is 4.30. The highest BCUT2D eigenvalue weighted by Crippen LogP contribution is 2.20. The number of fused-ring (bicyclic) bond motifs is 1. The number of nitrogens with one attached hydrogen (secondary N) is 3. The molecule has 3 amide bonds. The smallest absolute Gasteiger partial charge is 0.333 e. The Balaban J connectivity index is 1.23. The van der Waals surface area contributed by atoms with Gasteiger partial charge < -0.3 is 9.88 Å². The van der Waals surface area contributed by atoms with Gasteiger partial charge in [-0.1, -0.05) is 49.4 Å². The van der Waals surface area contributed by atoms with Crippen LogP contribution in [0.1, 0.15) is 41.3 Å². The van der Waals surface area contributed by atoms with Crippen LogP contribution in [0.5, 0.6) is 0 Å². The second kappa shape index (κ2) is 9.87. The van der Waals surface area contributed by atoms with E-state index >= 15 is 0 Å². The third kappa shape index (κ3) is 5.29. The lowest BCUT2D eigenvalue weighted by Gasteiger charge is -2.30. The summed E-state index contributed by atoms with van der Waals surface area (Å²) in [5.74, 6) is 0.482. The van der Waals surface area contributed by atoms with E-state index in [9.17, 15) is 9.59 Å². The number of amides is 3. The number of rotatable bonds is 5. The first-order valence-corrected chi connectivity index (χ1v) is 11.2. The number of carbonyl (C=O) groups excluding carboxylic acids is 2. The molecule has 0 unspecified atom stereocenters. The topological polar surface area (TPSA) is 78.4 Å². The van der Waals surface area contributed by atoms with Crippen molar-refractivity contribution >= 4 is 22.8 Å². The van der Waals surface area contributed by atoms with Gasteiger partial charge in [-0.2, -0.15) is 0 Å². The van der Waals surface area contributed by atoms with Crippen LogP contribution in [0.25, 0.3) is 10.9 Å². The van der Waals surface area contributed by atoms with Crippen LogP contribution in [0.4, 0.5) is 4.79 Å². The normalized spacial score (nSPS) is 14.9. The third-order valence-corrected chi connectivity index (χ3v) is 6.19. The number of aromatic nitrogens is 1. The molecule has 0 bridgehead atoms. The predicted molar refractivity (Wildman–Crippen MR) is 126 cm³/mol. The predicted octanol–water partition coefficient (Wildman–Crippen LogP) is 3.55. The molecule has 0 saturated carbocycles. The molecule has 0 aliphatic carbocycles. The summed E-state index contributed by atoms with van der Waals surface area (Å²) in [7, 11) is 1.89. The number of likely N-dealkylation sites (tertiary alicyclic amines) is 1. The Morgan fingerprint density at radius 2 is 1.66 bits per heavy atom. The lowest BCUT2D eigenvalue weighted by atomic mass is 9.99. The maximum absolute atomic E-state index is 12.5. The molecule has 1 aromatic heterocycles. The summed E-state index contributed by atoms with van der Waals surface area (Å²) in [6.45, 7) is 6.01. The highest BCUT2D eigenvalue weighted by atomic mass is 16.2. The molecule has 32 heavy (non-hydrogen) atoms. The van der Waals surface area contributed by atoms with E-state index in [1.165, 1.54) is 18.4 Å². The lowest BCUT2D eigenvalue weighted by molar-refractivity contribution is 0.0937. The molecular formula is C25H31N5O2. The third-order valence-electron chi connectivity index (χ3n) is 6.19. The van der Waals surface area contributed by atoms with Gasteiger partial charge >= 0.3 is 6.03 Å². The average Bonchev–Trinajstić information content (AvgIpc) is 3.15. The fourth-order valence-electron chi connectivity index (χ4n) is 4.17. The van der Waals surface area contributed by atoms with Crippen LogP contribution in [0, 0.1) is 5.92 Å². The van der Waals surface area contributed by atoms with Crippen LogP contribution in [-0.4, -0.2) is 34.5 Å². The second-order valence-corrected chi connectivity index (χ2v) is 8.71. The van der Waals surface area contributed by atoms with Crippen molar-refractivity contribution in [2.45, 2.75) is 32.9 Å². The van der Waals surface area contributed by atoms with E-state index in [1.807, 2.05) is 48.0 Å². The van der Waals surface area contributed by atoms with Crippen molar-refractivity contribution in [3.8, 4) is 0 Å². The van der Waals surface area contributed by atoms with E-state index in [4.69, 9.17) is 0 Å². The quantitative estimate of drug-likeness (QED) is 0.539. The van der Waals surface area contributed by atoms with Crippen molar-refractivity contribution in [3.63, 3.8) is 0 Å². The first kappa shape index (κ1) is 21.9. The fraction of sp³-hybridized carbons (Fsp3) is 0.360. The minimum Gasteiger partial charge on any atom is -0.350 e. The van der Waals surface area contributed by atoms with E-state index < -0.39 is 6.03 Å². The molecule has 7 heteroatoms. The van der Waals surface area contributed by atoms with E-state index in [1.54, 1.807) is 6.20 Å². The summed E-state index contributed by atoms with van der Waals surface area (Å²) in [5, 5.41) is 3.61. The van der Waals surface area contributed by atoms with Crippen molar-refractivity contribution in [3.05, 3.63) is 71.4 Å². The molecule has 1 fully saturated rings. The maximum atomic E-state index is 12.5. The summed E-state index contributed by atoms with van der Waals surface area (Å²) in [6, 6.07) is 15.5. The Labute approximate surface area is 188 Å². The molecule has 0 atom stereocenters. The van der Waals surface area contributed by atoms with E-state index in [-0.39, 0.29) is 5.91 Å². The number of urea groups is 1. The molecule has 1 aliphatic heterocycles. The highest BCUT2D eigenvalue weighted by molar-refractivity contribution is 6.07. The fourth-order valence-corrected chi connectivity index (χ4v) is 4.17. The highest BCUT2D eigenvalue weighted by Gasteiger charge is 2.16. The van der Waals surface area contributed by atoms with Crippen molar-refractivity contribution in [2.75, 3.05) is 13.1 Å². The van der Waals surface area contributed by atoms with Crippen molar-refractivity contribution in [1.82, 2.24) is 25.6 Å². The number of para-hydroxylation sites is 1. The standard InChI is InChI=1S/C25H31N5O2/c1-18-11-13-30(14-12-18)16-20-9-7-19(8-10-20)15-26-25(32)28-27-24(31)22-17-29(2)23-6-4-3-5-21(22)23/h3-10,17-18H,11-16H2,1-2H3,(H,27,31)(H2,26,28,32). The van der Waals surface area contributed by atoms with Gasteiger partial charge in [-0.25, -0.2) is 10.2 Å². The van der Waals surface area contributed by atoms with E-state index in [0.717, 1.165) is 42.0 Å². The molecule has 4 rings (SSSR count). The van der Waals surface area contributed by atoms with Gasteiger partial charge in [0.15, 0.2) is 0 Å². The maximum Gasteiger partial charge on any atom is 0.333 e. The van der Waals surface area contributed by atoms with E-state index in [0.29, 0.717) is 12.1 Å². The lowest BCUT2D eigenvalue weighted by Crippen LogP contribution is -2.46. The van der Waals surface area contributed by atoms with Crippen molar-refractivity contribution in [2.24, 2.45) is 13.0 Å². The molecule has 0 spiro atoms. The molecule has 1 aliphatic rings. The molecule has 7 nitrogen and oxygen atoms in total. The summed E-state index contributed by atoms with van der Waals surface area (Å²) >= 11 is 0. The molecule has 3 N–H and O–H groups in total. The van der Waals surface area contributed by atoms with Crippen LogP contribution in [0.2, 0.25) is 0 Å². The average molecular weight is 434 g/mol. The zero-order valence-electron chi connectivity index (χ0n) is 18.7. The largest absolute Gasteiger partial charge is 0.350 e. The summed E-state index contributed by atoms with van der Waals surface area (Å²) in [4.78, 5) is 27.1. The van der Waals surface area contributed by atoms with E-state index in [2.05, 4.69) is 40.1 Å². The number of piperidine rings is 1. The number of nitrogens with zero attached hydrogens (tertiary/aromatic N) is 2. The Morgan fingerprint density at radius 1 is 0.969 bits per heavy atom. The minimum absolute atomic E-state index is 0.353. The van der Waals surface area contributed by atoms with Crippen LogP contribution >= 0.6 is 0 Å². The molecule has 2 aromatic carbocycles. The van der Waals surface area contributed by atoms with Crippen molar-refractivity contribution < 1.29 is 9.59 Å². The Kier molecular flexibility index (Phi) is 6.75. The molecule has 1 saturated heterocycles. The number of benzene rings is 2. The number of hydrazine groups is 1. The van der Waals surface area contributed by atoms with Crippen LogP contribution in [-0.2, 0) is 20.1 Å². The Morgan fingerprint density at radius 3 is 2.41 bits per heavy atom. The summed E-state index contributed by atoms with van der Waals surface area (Å²) < 4.78 is 1.89. The van der Waals surface area contributed by atoms with Gasteiger partial charge in [0.2, 0.25) is 0 Å². The number of hydrogen-bond donors (Lipinski definition) is 3. The van der Waals surface area contributed by atoms with Gasteiger partial charge in [0, 0.05) is 37.2 Å². The zero-order chi connectivity index (χ0) is 22.5.